The highest BCUT2D eigenvalue weighted by Gasteiger charge is 2.34. The molecule has 0 bridgehead atoms. The van der Waals surface area contributed by atoms with Crippen molar-refractivity contribution in [3.8, 4) is 5.75 Å². The third-order valence-corrected chi connectivity index (χ3v) is 2.15. The van der Waals surface area contributed by atoms with Crippen molar-refractivity contribution in [1.29, 1.82) is 0 Å². The van der Waals surface area contributed by atoms with Crippen LogP contribution in [0.4, 0.5) is 19.0 Å². The lowest BCUT2D eigenvalue weighted by atomic mass is 10.3. The molecule has 0 spiro atoms. The molecular weight excluding hydrogens is 313 g/mol. The SMILES string of the molecule is O=c1cc([N+](=O)[O-])[nH]c(CBr)c1OC(F)(F)F. The van der Waals surface area contributed by atoms with Crippen molar-refractivity contribution in [3.05, 3.63) is 32.1 Å². The Hall–Kier alpha value is -1.58. The molecule has 0 atom stereocenters. The van der Waals surface area contributed by atoms with Crippen molar-refractivity contribution in [1.82, 2.24) is 4.98 Å². The fourth-order valence-electron chi connectivity index (χ4n) is 1.01. The molecule has 0 fully saturated rings. The Labute approximate surface area is 99.7 Å². The van der Waals surface area contributed by atoms with Gasteiger partial charge in [-0.2, -0.15) is 0 Å². The van der Waals surface area contributed by atoms with Gasteiger partial charge in [-0.25, -0.2) is 4.98 Å². The van der Waals surface area contributed by atoms with Gasteiger partial charge in [0.25, 0.3) is 0 Å². The van der Waals surface area contributed by atoms with E-state index < -0.39 is 28.3 Å². The maximum Gasteiger partial charge on any atom is 0.573 e. The summed E-state index contributed by atoms with van der Waals surface area (Å²) in [5, 5.41) is 10.1. The highest BCUT2D eigenvalue weighted by Crippen LogP contribution is 2.24. The fourth-order valence-corrected chi connectivity index (χ4v) is 1.40. The summed E-state index contributed by atoms with van der Waals surface area (Å²) in [6.07, 6.45) is -5.04. The van der Waals surface area contributed by atoms with E-state index in [9.17, 15) is 28.1 Å². The van der Waals surface area contributed by atoms with Crippen LogP contribution in [0.15, 0.2) is 10.9 Å². The topological polar surface area (TPSA) is 85.2 Å². The fraction of sp³-hybridized carbons (Fsp3) is 0.286. The lowest BCUT2D eigenvalue weighted by Gasteiger charge is -2.09. The summed E-state index contributed by atoms with van der Waals surface area (Å²) in [4.78, 5) is 22.7. The molecule has 0 amide bonds. The van der Waals surface area contributed by atoms with Crippen molar-refractivity contribution in [2.45, 2.75) is 11.7 Å². The van der Waals surface area contributed by atoms with Gasteiger partial charge in [0.1, 0.15) is 0 Å². The quantitative estimate of drug-likeness (QED) is 0.525. The Bertz CT molecular complexity index is 499. The predicted octanol–water partition coefficient (Wildman–Crippen LogP) is 2.08. The number of aromatic amines is 1. The minimum absolute atomic E-state index is 0.227. The van der Waals surface area contributed by atoms with Crippen molar-refractivity contribution in [2.24, 2.45) is 0 Å². The first-order chi connectivity index (χ1) is 7.74. The Morgan fingerprint density at radius 1 is 1.53 bits per heavy atom. The summed E-state index contributed by atoms with van der Waals surface area (Å²) in [6, 6.07) is 0.424. The molecule has 1 aromatic rings. The van der Waals surface area contributed by atoms with Crippen LogP contribution in [0.3, 0.4) is 0 Å². The first-order valence-corrected chi connectivity index (χ1v) is 5.09. The van der Waals surface area contributed by atoms with Gasteiger partial charge < -0.3 is 14.9 Å². The highest BCUT2D eigenvalue weighted by molar-refractivity contribution is 9.08. The van der Waals surface area contributed by atoms with E-state index in [2.05, 4.69) is 25.7 Å². The van der Waals surface area contributed by atoms with Gasteiger partial charge in [-0.15, -0.1) is 13.2 Å². The van der Waals surface area contributed by atoms with E-state index in [1.807, 2.05) is 0 Å². The normalized spacial score (nSPS) is 11.3. The number of halogens is 4. The maximum atomic E-state index is 12.0. The van der Waals surface area contributed by atoms with Crippen LogP contribution in [0, 0.1) is 10.1 Å². The molecule has 0 aliphatic rings. The summed E-state index contributed by atoms with van der Waals surface area (Å²) in [5.41, 5.74) is -1.58. The molecule has 0 unspecified atom stereocenters. The van der Waals surface area contributed by atoms with Crippen LogP contribution in [-0.2, 0) is 5.33 Å². The van der Waals surface area contributed by atoms with Crippen LogP contribution in [0.25, 0.3) is 0 Å². The standard InChI is InChI=1S/C7H4BrF3N2O4/c8-2-3-6(17-7(9,10)11)4(14)1-5(12-3)13(15)16/h1H,2H2,(H,12,14). The van der Waals surface area contributed by atoms with Gasteiger partial charge in [-0.1, -0.05) is 15.9 Å². The molecule has 1 aromatic heterocycles. The van der Waals surface area contributed by atoms with E-state index in [0.29, 0.717) is 6.07 Å². The van der Waals surface area contributed by atoms with Gasteiger partial charge in [0.15, 0.2) is 5.69 Å². The zero-order valence-electron chi connectivity index (χ0n) is 7.88. The van der Waals surface area contributed by atoms with E-state index >= 15 is 0 Å². The van der Waals surface area contributed by atoms with Crippen molar-refractivity contribution < 1.29 is 22.8 Å². The number of alkyl halides is 4. The number of aromatic nitrogens is 1. The van der Waals surface area contributed by atoms with Gasteiger partial charge in [-0.3, -0.25) is 4.79 Å². The first-order valence-electron chi connectivity index (χ1n) is 3.97. The third kappa shape index (κ3) is 3.44. The average Bonchev–Trinajstić information content (AvgIpc) is 2.18. The summed E-state index contributed by atoms with van der Waals surface area (Å²) < 4.78 is 39.4. The minimum atomic E-state index is -5.04. The molecular formula is C7H4BrF3N2O4. The van der Waals surface area contributed by atoms with Crippen LogP contribution in [0.5, 0.6) is 5.75 Å². The lowest BCUT2D eigenvalue weighted by molar-refractivity contribution is -0.389. The van der Waals surface area contributed by atoms with Crippen LogP contribution < -0.4 is 10.2 Å². The molecule has 0 saturated heterocycles. The zero-order valence-corrected chi connectivity index (χ0v) is 9.46. The number of ether oxygens (including phenoxy) is 1. The van der Waals surface area contributed by atoms with Crippen LogP contribution in [-0.4, -0.2) is 16.3 Å². The number of rotatable bonds is 3. The number of pyridine rings is 1. The maximum absolute atomic E-state index is 12.0. The third-order valence-electron chi connectivity index (χ3n) is 1.59. The van der Waals surface area contributed by atoms with Crippen molar-refractivity contribution in [3.63, 3.8) is 0 Å². The summed E-state index contributed by atoms with van der Waals surface area (Å²) in [7, 11) is 0. The molecule has 1 N–H and O–H groups in total. The largest absolute Gasteiger partial charge is 0.573 e. The smallest absolute Gasteiger partial charge is 0.397 e. The average molecular weight is 317 g/mol. The number of nitrogens with zero attached hydrogens (tertiary/aromatic N) is 1. The van der Waals surface area contributed by atoms with E-state index in [4.69, 9.17) is 0 Å². The molecule has 6 nitrogen and oxygen atoms in total. The molecule has 1 heterocycles. The predicted molar refractivity (Wildman–Crippen MR) is 53.0 cm³/mol. The van der Waals surface area contributed by atoms with Crippen molar-refractivity contribution >= 4 is 21.7 Å². The molecule has 0 aliphatic carbocycles. The van der Waals surface area contributed by atoms with Gasteiger partial charge in [0.05, 0.1) is 11.4 Å². The number of nitro groups is 1. The van der Waals surface area contributed by atoms with Gasteiger partial charge in [0, 0.05) is 0 Å². The Morgan fingerprint density at radius 3 is 2.53 bits per heavy atom. The summed E-state index contributed by atoms with van der Waals surface area (Å²) >= 11 is 2.79. The Balaban J connectivity index is 3.32. The Kier molecular flexibility index (Phi) is 3.76. The van der Waals surface area contributed by atoms with Crippen LogP contribution in [0.1, 0.15) is 5.69 Å². The minimum Gasteiger partial charge on any atom is -0.397 e. The first kappa shape index (κ1) is 13.5. The second-order valence-electron chi connectivity index (χ2n) is 2.77. The van der Waals surface area contributed by atoms with E-state index in [0.717, 1.165) is 0 Å². The Morgan fingerprint density at radius 2 is 2.12 bits per heavy atom. The van der Waals surface area contributed by atoms with E-state index in [1.165, 1.54) is 0 Å². The second-order valence-corrected chi connectivity index (χ2v) is 3.33. The van der Waals surface area contributed by atoms with Crippen LogP contribution >= 0.6 is 15.9 Å². The van der Waals surface area contributed by atoms with Gasteiger partial charge in [0.2, 0.25) is 11.2 Å². The van der Waals surface area contributed by atoms with Gasteiger partial charge >= 0.3 is 12.2 Å². The number of hydrogen-bond donors (Lipinski definition) is 1. The van der Waals surface area contributed by atoms with Crippen molar-refractivity contribution in [2.75, 3.05) is 0 Å². The number of hydrogen-bond acceptors (Lipinski definition) is 4. The molecule has 0 radical (unpaired) electrons. The van der Waals surface area contributed by atoms with Crippen LogP contribution in [0.2, 0.25) is 0 Å². The highest BCUT2D eigenvalue weighted by atomic mass is 79.9. The molecule has 0 aromatic carbocycles. The zero-order chi connectivity index (χ0) is 13.2. The molecule has 17 heavy (non-hydrogen) atoms. The molecule has 10 heteroatoms. The lowest BCUT2D eigenvalue weighted by Crippen LogP contribution is -2.23. The molecule has 0 saturated carbocycles. The molecule has 94 valence electrons. The summed E-state index contributed by atoms with van der Waals surface area (Å²) in [6.45, 7) is 0. The second kappa shape index (κ2) is 4.73. The molecule has 0 aliphatic heterocycles. The van der Waals surface area contributed by atoms with E-state index in [-0.39, 0.29) is 11.0 Å². The monoisotopic (exact) mass is 316 g/mol. The van der Waals surface area contributed by atoms with Gasteiger partial charge in [-0.05, 0) is 4.92 Å². The molecule has 1 rings (SSSR count). The number of nitrogens with one attached hydrogen (secondary N) is 1. The summed E-state index contributed by atoms with van der Waals surface area (Å²) in [5.74, 6) is -1.72. The van der Waals surface area contributed by atoms with E-state index in [1.54, 1.807) is 0 Å². The number of H-pyrrole nitrogens is 1.